The van der Waals surface area contributed by atoms with Gasteiger partial charge in [-0.05, 0) is 6.92 Å². The van der Waals surface area contributed by atoms with Crippen LogP contribution in [-0.2, 0) is 0 Å². The van der Waals surface area contributed by atoms with Crippen LogP contribution < -0.4 is 11.0 Å². The summed E-state index contributed by atoms with van der Waals surface area (Å²) in [6.45, 7) is 1.92. The molecule has 0 amide bonds. The molecular formula is C9H10N8O. The van der Waals surface area contributed by atoms with Gasteiger partial charge in [-0.1, -0.05) is 0 Å². The Hall–Kier alpha value is -2.71. The second kappa shape index (κ2) is 3.95. The molecular weight excluding hydrogens is 236 g/mol. The van der Waals surface area contributed by atoms with Crippen molar-refractivity contribution >= 4 is 11.5 Å². The van der Waals surface area contributed by atoms with Crippen molar-refractivity contribution in [3.63, 3.8) is 0 Å². The zero-order valence-electron chi connectivity index (χ0n) is 9.45. The van der Waals surface area contributed by atoms with E-state index < -0.39 is 0 Å². The molecule has 0 aliphatic rings. The van der Waals surface area contributed by atoms with Crippen molar-refractivity contribution in [3.05, 3.63) is 35.0 Å². The van der Waals surface area contributed by atoms with Crippen LogP contribution in [0.25, 0.3) is 5.65 Å². The molecule has 0 aliphatic carbocycles. The summed E-state index contributed by atoms with van der Waals surface area (Å²) in [4.78, 5) is 19.4. The number of anilines is 1. The summed E-state index contributed by atoms with van der Waals surface area (Å²) in [5.74, 6) is 1.31. The van der Waals surface area contributed by atoms with E-state index in [1.807, 2.05) is 6.92 Å². The molecule has 0 saturated carbocycles. The highest BCUT2D eigenvalue weighted by Gasteiger charge is 2.09. The Kier molecular flexibility index (Phi) is 2.29. The number of hydrogen-bond donors (Lipinski definition) is 3. The summed E-state index contributed by atoms with van der Waals surface area (Å²) in [5.41, 5.74) is 0.189. The second-order valence-electron chi connectivity index (χ2n) is 3.77. The van der Waals surface area contributed by atoms with Gasteiger partial charge in [0.1, 0.15) is 24.3 Å². The average Bonchev–Trinajstić information content (AvgIpc) is 2.99. The Morgan fingerprint density at radius 3 is 3.06 bits per heavy atom. The number of aromatic amines is 2. The predicted octanol–water partition coefficient (Wildman–Crippen LogP) is -0.291. The lowest BCUT2D eigenvalue weighted by atomic mass is 10.3. The summed E-state index contributed by atoms with van der Waals surface area (Å²) in [6.07, 6.45) is 2.86. The fourth-order valence-electron chi connectivity index (χ4n) is 1.60. The molecule has 0 aliphatic heterocycles. The van der Waals surface area contributed by atoms with E-state index in [1.165, 1.54) is 17.1 Å². The van der Waals surface area contributed by atoms with Crippen LogP contribution in [0.4, 0.5) is 5.82 Å². The van der Waals surface area contributed by atoms with Crippen molar-refractivity contribution in [1.29, 1.82) is 0 Å². The van der Waals surface area contributed by atoms with Crippen molar-refractivity contribution in [3.8, 4) is 0 Å². The summed E-state index contributed by atoms with van der Waals surface area (Å²) < 4.78 is 1.32. The van der Waals surface area contributed by atoms with E-state index in [-0.39, 0.29) is 11.7 Å². The standard InChI is InChI=1S/C9H10N8O/c1-5(8-10-3-12-15-8)13-6-2-7-14-16-9(18)17(7)4-11-6/h2-5,13H,1H3,(H,16,18)(H,10,12,15). The third-order valence-corrected chi connectivity index (χ3v) is 2.52. The Bertz CT molecular complexity index is 712. The van der Waals surface area contributed by atoms with E-state index >= 15 is 0 Å². The van der Waals surface area contributed by atoms with Gasteiger partial charge in [0.05, 0.1) is 6.04 Å². The van der Waals surface area contributed by atoms with Crippen LogP contribution in [0, 0.1) is 0 Å². The van der Waals surface area contributed by atoms with Gasteiger partial charge in [-0.15, -0.1) is 0 Å². The van der Waals surface area contributed by atoms with Gasteiger partial charge in [0.2, 0.25) is 0 Å². The predicted molar refractivity (Wildman–Crippen MR) is 62.0 cm³/mol. The molecule has 1 atom stereocenters. The molecule has 3 aromatic rings. The fraction of sp³-hybridized carbons (Fsp3) is 0.222. The third-order valence-electron chi connectivity index (χ3n) is 2.52. The minimum atomic E-state index is -0.313. The third kappa shape index (κ3) is 1.71. The summed E-state index contributed by atoms with van der Waals surface area (Å²) >= 11 is 0. The Labute approximate surface area is 100 Å². The van der Waals surface area contributed by atoms with Crippen molar-refractivity contribution in [1.82, 2.24) is 34.8 Å². The summed E-state index contributed by atoms with van der Waals surface area (Å²) in [5, 5.41) is 15.9. The van der Waals surface area contributed by atoms with E-state index in [0.717, 1.165) is 0 Å². The maximum atomic E-state index is 11.3. The van der Waals surface area contributed by atoms with Gasteiger partial charge >= 0.3 is 5.69 Å². The average molecular weight is 246 g/mol. The SMILES string of the molecule is CC(Nc1cc2n[nH]c(=O)n2cn1)c1ncn[nH]1. The van der Waals surface area contributed by atoms with E-state index in [9.17, 15) is 4.79 Å². The maximum Gasteiger partial charge on any atom is 0.348 e. The van der Waals surface area contributed by atoms with Gasteiger partial charge in [0.15, 0.2) is 5.65 Å². The minimum absolute atomic E-state index is 0.0758. The zero-order chi connectivity index (χ0) is 12.5. The van der Waals surface area contributed by atoms with E-state index in [2.05, 4.69) is 35.7 Å². The number of rotatable bonds is 3. The number of H-pyrrole nitrogens is 2. The molecule has 0 spiro atoms. The van der Waals surface area contributed by atoms with Crippen LogP contribution >= 0.6 is 0 Å². The van der Waals surface area contributed by atoms with Crippen LogP contribution in [0.15, 0.2) is 23.5 Å². The number of hydrogen-bond acceptors (Lipinski definition) is 6. The smallest absolute Gasteiger partial charge is 0.348 e. The molecule has 1 unspecified atom stereocenters. The first-order chi connectivity index (χ1) is 8.74. The number of nitrogens with zero attached hydrogens (tertiary/aromatic N) is 5. The van der Waals surface area contributed by atoms with Crippen molar-refractivity contribution < 1.29 is 0 Å². The molecule has 0 aromatic carbocycles. The molecule has 92 valence electrons. The molecule has 3 aromatic heterocycles. The normalized spacial score (nSPS) is 12.7. The first-order valence-corrected chi connectivity index (χ1v) is 5.28. The quantitative estimate of drug-likeness (QED) is 0.584. The Balaban J connectivity index is 1.89. The number of nitrogens with one attached hydrogen (secondary N) is 3. The lowest BCUT2D eigenvalue weighted by Gasteiger charge is -2.11. The van der Waals surface area contributed by atoms with Crippen molar-refractivity contribution in [2.45, 2.75) is 13.0 Å². The molecule has 0 radical (unpaired) electrons. The van der Waals surface area contributed by atoms with Gasteiger partial charge in [0, 0.05) is 6.07 Å². The summed E-state index contributed by atoms with van der Waals surface area (Å²) in [6, 6.07) is 1.60. The monoisotopic (exact) mass is 246 g/mol. The van der Waals surface area contributed by atoms with Gasteiger partial charge < -0.3 is 5.32 Å². The fourth-order valence-corrected chi connectivity index (χ4v) is 1.60. The highest BCUT2D eigenvalue weighted by Crippen LogP contribution is 2.13. The lowest BCUT2D eigenvalue weighted by Crippen LogP contribution is -2.12. The first-order valence-electron chi connectivity index (χ1n) is 5.28. The minimum Gasteiger partial charge on any atom is -0.360 e. The van der Waals surface area contributed by atoms with Crippen LogP contribution in [0.2, 0.25) is 0 Å². The lowest BCUT2D eigenvalue weighted by molar-refractivity contribution is 0.788. The molecule has 0 fully saturated rings. The highest BCUT2D eigenvalue weighted by atomic mass is 16.1. The van der Waals surface area contributed by atoms with Crippen molar-refractivity contribution in [2.24, 2.45) is 0 Å². The molecule has 3 heterocycles. The number of aromatic nitrogens is 7. The molecule has 3 N–H and O–H groups in total. The zero-order valence-corrected chi connectivity index (χ0v) is 9.45. The maximum absolute atomic E-state index is 11.3. The molecule has 18 heavy (non-hydrogen) atoms. The highest BCUT2D eigenvalue weighted by molar-refractivity contribution is 5.48. The molecule has 9 nitrogen and oxygen atoms in total. The number of fused-ring (bicyclic) bond motifs is 1. The van der Waals surface area contributed by atoms with E-state index in [0.29, 0.717) is 17.3 Å². The van der Waals surface area contributed by atoms with Crippen LogP contribution in [0.3, 0.4) is 0 Å². The second-order valence-corrected chi connectivity index (χ2v) is 3.77. The topological polar surface area (TPSA) is 117 Å². The van der Waals surface area contributed by atoms with Crippen molar-refractivity contribution in [2.75, 3.05) is 5.32 Å². The van der Waals surface area contributed by atoms with Gasteiger partial charge in [-0.3, -0.25) is 5.10 Å². The van der Waals surface area contributed by atoms with Crippen LogP contribution in [0.5, 0.6) is 0 Å². The first kappa shape index (κ1) is 10.4. The molecule has 9 heteroatoms. The van der Waals surface area contributed by atoms with Crippen LogP contribution in [-0.4, -0.2) is 34.8 Å². The summed E-state index contributed by atoms with van der Waals surface area (Å²) in [7, 11) is 0. The van der Waals surface area contributed by atoms with Crippen LogP contribution in [0.1, 0.15) is 18.8 Å². The van der Waals surface area contributed by atoms with Gasteiger partial charge in [-0.2, -0.15) is 10.2 Å². The van der Waals surface area contributed by atoms with E-state index in [4.69, 9.17) is 0 Å². The Morgan fingerprint density at radius 1 is 1.39 bits per heavy atom. The molecule has 0 saturated heterocycles. The molecule has 3 rings (SSSR count). The van der Waals surface area contributed by atoms with Gasteiger partial charge in [0.25, 0.3) is 0 Å². The Morgan fingerprint density at radius 2 is 2.28 bits per heavy atom. The van der Waals surface area contributed by atoms with Gasteiger partial charge in [-0.25, -0.2) is 24.3 Å². The largest absolute Gasteiger partial charge is 0.360 e. The molecule has 0 bridgehead atoms. The van der Waals surface area contributed by atoms with E-state index in [1.54, 1.807) is 6.07 Å².